The molecule has 1 aliphatic heterocycles. The Kier molecular flexibility index (Phi) is 1.91. The summed E-state index contributed by atoms with van der Waals surface area (Å²) >= 11 is 5.14. The van der Waals surface area contributed by atoms with Crippen molar-refractivity contribution < 1.29 is 17.0 Å². The van der Waals surface area contributed by atoms with Crippen molar-refractivity contribution in [1.29, 1.82) is 0 Å². The lowest BCUT2D eigenvalue weighted by molar-refractivity contribution is 0.143. The third kappa shape index (κ3) is 2.07. The van der Waals surface area contributed by atoms with E-state index in [9.17, 15) is 12.8 Å². The van der Waals surface area contributed by atoms with E-state index in [1.807, 2.05) is 0 Å². The van der Waals surface area contributed by atoms with E-state index in [0.29, 0.717) is 0 Å². The van der Waals surface area contributed by atoms with E-state index in [1.54, 1.807) is 0 Å². The molecular weight excluding hydrogens is 183 g/mol. The molecule has 0 radical (unpaired) electrons. The minimum Gasteiger partial charge on any atom is -0.265 e. The Morgan fingerprint density at radius 3 is 2.50 bits per heavy atom. The van der Waals surface area contributed by atoms with E-state index in [2.05, 4.69) is 4.18 Å². The lowest BCUT2D eigenvalue weighted by atomic mass is 10.3. The first-order valence-electron chi connectivity index (χ1n) is 2.66. The predicted molar refractivity (Wildman–Crippen MR) is 34.0 cm³/mol. The van der Waals surface area contributed by atoms with Crippen LogP contribution in [0.15, 0.2) is 0 Å². The molecule has 0 aliphatic carbocycles. The Labute approximate surface area is 63.2 Å². The largest absolute Gasteiger partial charge is 0.267 e. The lowest BCUT2D eigenvalue weighted by Gasteiger charge is -2.22. The maximum absolute atomic E-state index is 12.6. The van der Waals surface area contributed by atoms with Gasteiger partial charge in [0.2, 0.25) is 5.13 Å². The van der Waals surface area contributed by atoms with Crippen LogP contribution in [0.1, 0.15) is 6.42 Å². The summed E-state index contributed by atoms with van der Waals surface area (Å²) < 4.78 is 37.7. The number of hydrogen-bond donors (Lipinski definition) is 0. The van der Waals surface area contributed by atoms with E-state index in [-0.39, 0.29) is 12.2 Å². The minimum absolute atomic E-state index is 0.198. The van der Waals surface area contributed by atoms with Gasteiger partial charge in [-0.15, -0.1) is 0 Å². The first-order valence-corrected chi connectivity index (χ1v) is 4.62. The molecule has 3 nitrogen and oxygen atoms in total. The molecule has 1 heterocycles. The lowest BCUT2D eigenvalue weighted by Crippen LogP contribution is -2.33. The normalized spacial score (nSPS) is 39.4. The molecule has 1 atom stereocenters. The highest BCUT2D eigenvalue weighted by Gasteiger charge is 2.36. The van der Waals surface area contributed by atoms with Crippen LogP contribution in [0.4, 0.5) is 4.39 Å². The molecule has 0 spiro atoms. The Hall–Kier alpha value is 0.130. The second-order valence-corrected chi connectivity index (χ2v) is 4.57. The van der Waals surface area contributed by atoms with Gasteiger partial charge in [-0.2, -0.15) is 8.42 Å². The quantitative estimate of drug-likeness (QED) is 0.414. The standard InChI is InChI=1S/C4H6ClFO3S/c5-4(6)1-2-10(7,8)9-3-4/h1-3H2. The second-order valence-electron chi connectivity index (χ2n) is 2.13. The molecule has 1 aliphatic rings. The van der Waals surface area contributed by atoms with Gasteiger partial charge < -0.3 is 0 Å². The SMILES string of the molecule is O=S1(=O)CCC(F)(Cl)CO1. The fourth-order valence-corrected chi connectivity index (χ4v) is 1.96. The second kappa shape index (κ2) is 2.32. The fourth-order valence-electron chi connectivity index (χ4n) is 0.581. The fraction of sp³-hybridized carbons (Fsp3) is 1.00. The molecule has 60 valence electrons. The van der Waals surface area contributed by atoms with Crippen molar-refractivity contribution in [2.75, 3.05) is 12.4 Å². The Morgan fingerprint density at radius 2 is 2.20 bits per heavy atom. The molecule has 1 fully saturated rings. The topological polar surface area (TPSA) is 43.4 Å². The van der Waals surface area contributed by atoms with Crippen molar-refractivity contribution in [1.82, 2.24) is 0 Å². The molecule has 1 rings (SSSR count). The van der Waals surface area contributed by atoms with Gasteiger partial charge >= 0.3 is 0 Å². The van der Waals surface area contributed by atoms with Gasteiger partial charge in [0.05, 0.1) is 5.75 Å². The zero-order chi connectivity index (χ0) is 7.83. The van der Waals surface area contributed by atoms with Gasteiger partial charge in [0, 0.05) is 6.42 Å². The van der Waals surface area contributed by atoms with Gasteiger partial charge in [-0.05, 0) is 0 Å². The van der Waals surface area contributed by atoms with Crippen LogP contribution in [-0.2, 0) is 14.3 Å². The van der Waals surface area contributed by atoms with E-state index in [0.717, 1.165) is 0 Å². The van der Waals surface area contributed by atoms with Crippen LogP contribution < -0.4 is 0 Å². The Bertz CT molecular complexity index is 207. The van der Waals surface area contributed by atoms with Gasteiger partial charge in [0.25, 0.3) is 10.1 Å². The number of rotatable bonds is 0. The van der Waals surface area contributed by atoms with Gasteiger partial charge in [-0.3, -0.25) is 4.18 Å². The summed E-state index contributed by atoms with van der Waals surface area (Å²) in [6, 6.07) is 0. The average molecular weight is 189 g/mol. The molecule has 0 aromatic rings. The van der Waals surface area contributed by atoms with Crippen molar-refractivity contribution in [2.45, 2.75) is 11.5 Å². The van der Waals surface area contributed by atoms with Crippen molar-refractivity contribution in [3.63, 3.8) is 0 Å². The highest BCUT2D eigenvalue weighted by Crippen LogP contribution is 2.27. The van der Waals surface area contributed by atoms with Gasteiger partial charge in [0.15, 0.2) is 0 Å². The zero-order valence-electron chi connectivity index (χ0n) is 5.01. The molecule has 0 N–H and O–H groups in total. The van der Waals surface area contributed by atoms with Crippen molar-refractivity contribution in [3.05, 3.63) is 0 Å². The maximum Gasteiger partial charge on any atom is 0.267 e. The van der Waals surface area contributed by atoms with Gasteiger partial charge in [0.1, 0.15) is 6.61 Å². The highest BCUT2D eigenvalue weighted by molar-refractivity contribution is 7.86. The van der Waals surface area contributed by atoms with Crippen molar-refractivity contribution in [2.24, 2.45) is 0 Å². The predicted octanol–water partition coefficient (Wildman–Crippen LogP) is 0.641. The van der Waals surface area contributed by atoms with Crippen LogP contribution in [0, 0.1) is 0 Å². The number of hydrogen-bond acceptors (Lipinski definition) is 3. The molecular formula is C4H6ClFO3S. The number of alkyl halides is 2. The summed E-state index contributed by atoms with van der Waals surface area (Å²) in [5.74, 6) is -0.340. The summed E-state index contributed by atoms with van der Waals surface area (Å²) in [7, 11) is -3.48. The van der Waals surface area contributed by atoms with E-state index in [4.69, 9.17) is 11.6 Å². The van der Waals surface area contributed by atoms with E-state index < -0.39 is 21.9 Å². The van der Waals surface area contributed by atoms with Crippen LogP contribution in [0.3, 0.4) is 0 Å². The van der Waals surface area contributed by atoms with E-state index >= 15 is 0 Å². The van der Waals surface area contributed by atoms with Crippen LogP contribution in [0.25, 0.3) is 0 Å². The zero-order valence-corrected chi connectivity index (χ0v) is 6.58. The molecule has 1 unspecified atom stereocenters. The summed E-state index contributed by atoms with van der Waals surface area (Å²) in [5.41, 5.74) is 0. The summed E-state index contributed by atoms with van der Waals surface area (Å²) in [5, 5.41) is -1.99. The third-order valence-corrected chi connectivity index (χ3v) is 2.65. The number of halogens is 2. The molecule has 6 heteroatoms. The van der Waals surface area contributed by atoms with Crippen molar-refractivity contribution >= 4 is 21.7 Å². The molecule has 0 bridgehead atoms. The smallest absolute Gasteiger partial charge is 0.265 e. The highest BCUT2D eigenvalue weighted by atomic mass is 35.5. The summed E-state index contributed by atoms with van der Waals surface area (Å²) in [6.07, 6.45) is -0.198. The molecule has 1 saturated heterocycles. The van der Waals surface area contributed by atoms with Gasteiger partial charge in [-0.25, -0.2) is 4.39 Å². The summed E-state index contributed by atoms with van der Waals surface area (Å²) in [4.78, 5) is 0. The van der Waals surface area contributed by atoms with Crippen molar-refractivity contribution in [3.8, 4) is 0 Å². The van der Waals surface area contributed by atoms with Crippen LogP contribution in [0.5, 0.6) is 0 Å². The van der Waals surface area contributed by atoms with Crippen LogP contribution >= 0.6 is 11.6 Å². The monoisotopic (exact) mass is 188 g/mol. The molecule has 0 aromatic carbocycles. The van der Waals surface area contributed by atoms with Crippen LogP contribution in [0.2, 0.25) is 0 Å². The average Bonchev–Trinajstić information content (AvgIpc) is 1.79. The van der Waals surface area contributed by atoms with E-state index in [1.165, 1.54) is 0 Å². The van der Waals surface area contributed by atoms with Crippen LogP contribution in [-0.4, -0.2) is 25.9 Å². The minimum atomic E-state index is -3.48. The maximum atomic E-state index is 12.6. The molecule has 0 saturated carbocycles. The Balaban J connectivity index is 2.63. The third-order valence-electron chi connectivity index (χ3n) is 1.17. The molecule has 10 heavy (non-hydrogen) atoms. The molecule has 0 aromatic heterocycles. The molecule has 0 amide bonds. The first-order chi connectivity index (χ1) is 4.41. The van der Waals surface area contributed by atoms with Gasteiger partial charge in [-0.1, -0.05) is 11.6 Å². The Morgan fingerprint density at radius 1 is 1.60 bits per heavy atom. The first kappa shape index (κ1) is 8.23. The summed E-state index contributed by atoms with van der Waals surface area (Å²) in [6.45, 7) is -0.573.